The Balaban J connectivity index is 2.04. The van der Waals surface area contributed by atoms with Gasteiger partial charge >= 0.3 is 12.1 Å². The van der Waals surface area contributed by atoms with Gasteiger partial charge in [0, 0.05) is 6.42 Å². The first-order valence-corrected chi connectivity index (χ1v) is 7.86. The molecule has 0 spiro atoms. The molecule has 2 rings (SSSR count). The number of benzene rings is 2. The van der Waals surface area contributed by atoms with Gasteiger partial charge in [-0.2, -0.15) is 18.4 Å². The van der Waals surface area contributed by atoms with Crippen LogP contribution < -0.4 is 5.32 Å². The fourth-order valence-electron chi connectivity index (χ4n) is 2.44. The number of nitrogens with one attached hydrogen (secondary N) is 1. The highest BCUT2D eigenvalue weighted by atomic mass is 19.4. The van der Waals surface area contributed by atoms with Gasteiger partial charge in [0.25, 0.3) is 0 Å². The van der Waals surface area contributed by atoms with E-state index in [0.29, 0.717) is 11.1 Å². The predicted molar refractivity (Wildman–Crippen MR) is 89.6 cm³/mol. The number of carboxylic acids is 1. The number of hydrogen-bond acceptors (Lipinski definition) is 3. The van der Waals surface area contributed by atoms with E-state index in [1.54, 1.807) is 12.1 Å². The van der Waals surface area contributed by atoms with Gasteiger partial charge in [-0.15, -0.1) is 0 Å². The van der Waals surface area contributed by atoms with Gasteiger partial charge in [0.1, 0.15) is 6.04 Å². The highest BCUT2D eigenvalue weighted by molar-refractivity contribution is 5.85. The van der Waals surface area contributed by atoms with Gasteiger partial charge in [0.15, 0.2) is 0 Å². The molecule has 5 nitrogen and oxygen atoms in total. The summed E-state index contributed by atoms with van der Waals surface area (Å²) in [5.74, 6) is -1.97. The largest absolute Gasteiger partial charge is 0.480 e. The first-order chi connectivity index (χ1) is 12.7. The molecule has 0 unspecified atom stereocenters. The number of hydrogen-bond donors (Lipinski definition) is 2. The van der Waals surface area contributed by atoms with Gasteiger partial charge in [0.05, 0.1) is 23.6 Å². The summed E-state index contributed by atoms with van der Waals surface area (Å²) < 4.78 is 38.2. The van der Waals surface area contributed by atoms with Gasteiger partial charge in [-0.3, -0.25) is 4.79 Å². The minimum atomic E-state index is -4.52. The Morgan fingerprint density at radius 2 is 1.78 bits per heavy atom. The first kappa shape index (κ1) is 20.0. The van der Waals surface area contributed by atoms with Crippen LogP contribution in [0.5, 0.6) is 0 Å². The molecule has 0 saturated carbocycles. The summed E-state index contributed by atoms with van der Waals surface area (Å²) in [4.78, 5) is 23.5. The molecule has 27 heavy (non-hydrogen) atoms. The zero-order chi connectivity index (χ0) is 20.0. The predicted octanol–water partition coefficient (Wildman–Crippen LogP) is 2.93. The van der Waals surface area contributed by atoms with Crippen molar-refractivity contribution in [3.63, 3.8) is 0 Å². The summed E-state index contributed by atoms with van der Waals surface area (Å²) >= 11 is 0. The van der Waals surface area contributed by atoms with Gasteiger partial charge in [0.2, 0.25) is 5.91 Å². The third-order valence-corrected chi connectivity index (χ3v) is 3.78. The second-order valence-corrected chi connectivity index (χ2v) is 5.85. The van der Waals surface area contributed by atoms with E-state index in [1.807, 2.05) is 6.07 Å². The second-order valence-electron chi connectivity index (χ2n) is 5.85. The lowest BCUT2D eigenvalue weighted by Crippen LogP contribution is -2.43. The number of alkyl halides is 3. The Morgan fingerprint density at radius 1 is 1.11 bits per heavy atom. The molecular formula is C19H15F3N2O3. The van der Waals surface area contributed by atoms with Gasteiger partial charge < -0.3 is 10.4 Å². The zero-order valence-corrected chi connectivity index (χ0v) is 14.0. The number of amides is 1. The molecule has 0 radical (unpaired) electrons. The van der Waals surface area contributed by atoms with E-state index in [4.69, 9.17) is 5.26 Å². The Bertz CT molecular complexity index is 871. The molecule has 0 aliphatic heterocycles. The summed E-state index contributed by atoms with van der Waals surface area (Å²) in [5, 5.41) is 20.4. The number of carbonyl (C=O) groups excluding carboxylic acids is 1. The lowest BCUT2D eigenvalue weighted by Gasteiger charge is -2.15. The molecular weight excluding hydrogens is 361 g/mol. The van der Waals surface area contributed by atoms with Crippen LogP contribution in [0.3, 0.4) is 0 Å². The standard InChI is InChI=1S/C19H15F3N2O3/c20-19(21,22)15-3-1-2-14(8-15)10-17(25)24-16(18(26)27)9-12-4-6-13(11-23)7-5-12/h1-8,16H,9-10H2,(H,24,25)(H,26,27)/t16-/m1/s1. The molecule has 140 valence electrons. The van der Waals surface area contributed by atoms with Crippen LogP contribution in [0.2, 0.25) is 0 Å². The van der Waals surface area contributed by atoms with E-state index >= 15 is 0 Å². The molecule has 1 atom stereocenters. The van der Waals surface area contributed by atoms with Crippen molar-refractivity contribution in [1.29, 1.82) is 5.26 Å². The number of aliphatic carboxylic acids is 1. The summed E-state index contributed by atoms with van der Waals surface area (Å²) in [6.45, 7) is 0. The minimum Gasteiger partial charge on any atom is -0.480 e. The van der Waals surface area contributed by atoms with Crippen LogP contribution >= 0.6 is 0 Å². The lowest BCUT2D eigenvalue weighted by atomic mass is 10.0. The number of nitrogens with zero attached hydrogens (tertiary/aromatic N) is 1. The fraction of sp³-hybridized carbons (Fsp3) is 0.211. The fourth-order valence-corrected chi connectivity index (χ4v) is 2.44. The summed E-state index contributed by atoms with van der Waals surface area (Å²) in [7, 11) is 0. The Labute approximate surface area is 153 Å². The van der Waals surface area contributed by atoms with Crippen LogP contribution in [0.1, 0.15) is 22.3 Å². The van der Waals surface area contributed by atoms with Crippen molar-refractivity contribution in [1.82, 2.24) is 5.32 Å². The van der Waals surface area contributed by atoms with Crippen molar-refractivity contribution >= 4 is 11.9 Å². The normalized spacial score (nSPS) is 12.1. The van der Waals surface area contributed by atoms with Crippen molar-refractivity contribution in [3.05, 3.63) is 70.8 Å². The number of halogens is 3. The molecule has 0 aromatic heterocycles. The van der Waals surface area contributed by atoms with Crippen molar-refractivity contribution in [2.24, 2.45) is 0 Å². The lowest BCUT2D eigenvalue weighted by molar-refractivity contribution is -0.141. The highest BCUT2D eigenvalue weighted by Gasteiger charge is 2.30. The molecule has 0 fully saturated rings. The first-order valence-electron chi connectivity index (χ1n) is 7.86. The topological polar surface area (TPSA) is 90.2 Å². The Hall–Kier alpha value is -3.34. The van der Waals surface area contributed by atoms with E-state index in [0.717, 1.165) is 12.1 Å². The van der Waals surface area contributed by atoms with Crippen molar-refractivity contribution in [2.75, 3.05) is 0 Å². The maximum absolute atomic E-state index is 12.7. The van der Waals surface area contributed by atoms with Crippen molar-refractivity contribution in [3.8, 4) is 6.07 Å². The number of carbonyl (C=O) groups is 2. The molecule has 0 heterocycles. The third-order valence-electron chi connectivity index (χ3n) is 3.78. The quantitative estimate of drug-likeness (QED) is 0.811. The molecule has 0 aliphatic carbocycles. The zero-order valence-electron chi connectivity index (χ0n) is 14.0. The molecule has 0 bridgehead atoms. The van der Waals surface area contributed by atoms with Gasteiger partial charge in [-0.1, -0.05) is 30.3 Å². The summed E-state index contributed by atoms with van der Waals surface area (Å²) in [5.41, 5.74) is 0.268. The minimum absolute atomic E-state index is 0.0185. The van der Waals surface area contributed by atoms with E-state index in [9.17, 15) is 27.9 Å². The van der Waals surface area contributed by atoms with E-state index in [-0.39, 0.29) is 18.4 Å². The van der Waals surface area contributed by atoms with Crippen LogP contribution in [-0.4, -0.2) is 23.0 Å². The molecule has 1 amide bonds. The molecule has 2 aromatic carbocycles. The molecule has 2 aromatic rings. The number of carboxylic acid groups (broad SMARTS) is 1. The van der Waals surface area contributed by atoms with Crippen LogP contribution in [0.25, 0.3) is 0 Å². The highest BCUT2D eigenvalue weighted by Crippen LogP contribution is 2.29. The van der Waals surface area contributed by atoms with E-state index < -0.39 is 29.7 Å². The summed E-state index contributed by atoms with van der Waals surface area (Å²) in [6, 6.07) is 11.2. The van der Waals surface area contributed by atoms with Crippen LogP contribution in [-0.2, 0) is 28.6 Å². The molecule has 8 heteroatoms. The van der Waals surface area contributed by atoms with Crippen molar-refractivity contribution < 1.29 is 27.9 Å². The number of rotatable bonds is 6. The second kappa shape index (κ2) is 8.36. The van der Waals surface area contributed by atoms with Gasteiger partial charge in [-0.25, -0.2) is 4.79 Å². The number of nitriles is 1. The SMILES string of the molecule is N#Cc1ccc(C[C@@H](NC(=O)Cc2cccc(C(F)(F)F)c2)C(=O)O)cc1. The monoisotopic (exact) mass is 376 g/mol. The maximum atomic E-state index is 12.7. The molecule has 2 N–H and O–H groups in total. The average Bonchev–Trinajstić information content (AvgIpc) is 2.61. The van der Waals surface area contributed by atoms with E-state index in [2.05, 4.69) is 5.32 Å². The van der Waals surface area contributed by atoms with Crippen LogP contribution in [0.4, 0.5) is 13.2 Å². The molecule has 0 aliphatic rings. The van der Waals surface area contributed by atoms with Crippen LogP contribution in [0.15, 0.2) is 48.5 Å². The van der Waals surface area contributed by atoms with E-state index in [1.165, 1.54) is 24.3 Å². The summed E-state index contributed by atoms with van der Waals surface area (Å²) in [6.07, 6.45) is -4.91. The third kappa shape index (κ3) is 5.85. The smallest absolute Gasteiger partial charge is 0.416 e. The Morgan fingerprint density at radius 3 is 2.33 bits per heavy atom. The van der Waals surface area contributed by atoms with Crippen molar-refractivity contribution in [2.45, 2.75) is 25.1 Å². The average molecular weight is 376 g/mol. The van der Waals surface area contributed by atoms with Gasteiger partial charge in [-0.05, 0) is 29.3 Å². The maximum Gasteiger partial charge on any atom is 0.416 e. The Kier molecular flexibility index (Phi) is 6.19. The van der Waals surface area contributed by atoms with Crippen LogP contribution in [0, 0.1) is 11.3 Å². The molecule has 0 saturated heterocycles.